The summed E-state index contributed by atoms with van der Waals surface area (Å²) in [5.74, 6) is -0.442. The fourth-order valence-electron chi connectivity index (χ4n) is 1.11. The number of carbonyl (C=O) groups excluding carboxylic acids is 1. The second-order valence-electron chi connectivity index (χ2n) is 3.42. The van der Waals surface area contributed by atoms with Gasteiger partial charge in [0.2, 0.25) is 0 Å². The Kier molecular flexibility index (Phi) is 4.46. The maximum absolute atomic E-state index is 12.2. The van der Waals surface area contributed by atoms with Gasteiger partial charge in [-0.2, -0.15) is 13.2 Å². The minimum atomic E-state index is -4.53. The Labute approximate surface area is 101 Å². The first kappa shape index (κ1) is 14.2. The zero-order valence-electron chi connectivity index (χ0n) is 9.78. The number of esters is 1. The molecule has 0 radical (unpaired) electrons. The molecule has 1 rings (SSSR count). The van der Waals surface area contributed by atoms with Gasteiger partial charge in [0.25, 0.3) is 0 Å². The summed E-state index contributed by atoms with van der Waals surface area (Å²) in [5.41, 5.74) is -1.09. The van der Waals surface area contributed by atoms with Crippen LogP contribution in [0.4, 0.5) is 19.0 Å². The predicted octanol–water partition coefficient (Wildman–Crippen LogP) is 1.86. The van der Waals surface area contributed by atoms with Gasteiger partial charge in [0.15, 0.2) is 5.69 Å². The van der Waals surface area contributed by atoms with Gasteiger partial charge in [0.05, 0.1) is 6.61 Å². The van der Waals surface area contributed by atoms with Gasteiger partial charge in [-0.15, -0.1) is 10.2 Å². The SMILES string of the molecule is CCOC(=O)C(C)Nc1ccc(C(F)(F)F)nn1. The zero-order valence-corrected chi connectivity index (χ0v) is 9.78. The van der Waals surface area contributed by atoms with E-state index >= 15 is 0 Å². The molecule has 100 valence electrons. The van der Waals surface area contributed by atoms with Crippen LogP contribution in [0, 0.1) is 0 Å². The average Bonchev–Trinajstić information content (AvgIpc) is 2.28. The Balaban J connectivity index is 2.67. The highest BCUT2D eigenvalue weighted by molar-refractivity contribution is 5.78. The molecule has 1 aromatic rings. The molecule has 1 aromatic heterocycles. The molecule has 0 bridgehead atoms. The lowest BCUT2D eigenvalue weighted by Gasteiger charge is -2.13. The van der Waals surface area contributed by atoms with E-state index in [-0.39, 0.29) is 12.4 Å². The highest BCUT2D eigenvalue weighted by atomic mass is 19.4. The summed E-state index contributed by atoms with van der Waals surface area (Å²) in [6.07, 6.45) is -4.53. The van der Waals surface area contributed by atoms with E-state index in [4.69, 9.17) is 4.74 Å². The second-order valence-corrected chi connectivity index (χ2v) is 3.42. The first-order chi connectivity index (χ1) is 8.34. The molecule has 1 atom stereocenters. The van der Waals surface area contributed by atoms with Crippen molar-refractivity contribution in [3.05, 3.63) is 17.8 Å². The monoisotopic (exact) mass is 263 g/mol. The highest BCUT2D eigenvalue weighted by Gasteiger charge is 2.32. The minimum absolute atomic E-state index is 0.0727. The molecule has 0 aliphatic rings. The standard InChI is InChI=1S/C10H12F3N3O2/c1-3-18-9(17)6(2)14-8-5-4-7(15-16-8)10(11,12)13/h4-6H,3H2,1-2H3,(H,14,16). The summed E-state index contributed by atoms with van der Waals surface area (Å²) in [6, 6.07) is 1.18. The smallest absolute Gasteiger partial charge is 0.435 e. The maximum atomic E-state index is 12.2. The van der Waals surface area contributed by atoms with E-state index in [1.807, 2.05) is 0 Å². The number of hydrogen-bond donors (Lipinski definition) is 1. The fourth-order valence-corrected chi connectivity index (χ4v) is 1.11. The molecule has 0 amide bonds. The number of rotatable bonds is 4. The van der Waals surface area contributed by atoms with Gasteiger partial charge in [-0.1, -0.05) is 0 Å². The Morgan fingerprint density at radius 2 is 2.11 bits per heavy atom. The van der Waals surface area contributed by atoms with Crippen LogP contribution in [0.15, 0.2) is 12.1 Å². The zero-order chi connectivity index (χ0) is 13.8. The van der Waals surface area contributed by atoms with Gasteiger partial charge >= 0.3 is 12.1 Å². The van der Waals surface area contributed by atoms with Crippen molar-refractivity contribution in [3.63, 3.8) is 0 Å². The van der Waals surface area contributed by atoms with E-state index in [9.17, 15) is 18.0 Å². The van der Waals surface area contributed by atoms with Crippen LogP contribution in [0.1, 0.15) is 19.5 Å². The molecular weight excluding hydrogens is 251 g/mol. The number of halogens is 3. The predicted molar refractivity (Wildman–Crippen MR) is 56.8 cm³/mol. The quantitative estimate of drug-likeness (QED) is 0.840. The summed E-state index contributed by atoms with van der Waals surface area (Å²) >= 11 is 0. The van der Waals surface area contributed by atoms with Gasteiger partial charge in [-0.3, -0.25) is 0 Å². The topological polar surface area (TPSA) is 64.1 Å². The molecule has 0 spiro atoms. The van der Waals surface area contributed by atoms with Gasteiger partial charge in [-0.05, 0) is 26.0 Å². The Bertz CT molecular complexity index is 406. The van der Waals surface area contributed by atoms with Crippen LogP contribution in [0.5, 0.6) is 0 Å². The van der Waals surface area contributed by atoms with Crippen LogP contribution < -0.4 is 5.32 Å². The maximum Gasteiger partial charge on any atom is 0.435 e. The third-order valence-corrected chi connectivity index (χ3v) is 1.96. The molecule has 0 fully saturated rings. The number of hydrogen-bond acceptors (Lipinski definition) is 5. The number of aromatic nitrogens is 2. The fraction of sp³-hybridized carbons (Fsp3) is 0.500. The van der Waals surface area contributed by atoms with Crippen molar-refractivity contribution in [1.29, 1.82) is 0 Å². The summed E-state index contributed by atoms with van der Waals surface area (Å²) < 4.78 is 41.4. The van der Waals surface area contributed by atoms with Crippen LogP contribution in [0.25, 0.3) is 0 Å². The largest absolute Gasteiger partial charge is 0.464 e. The molecule has 8 heteroatoms. The highest BCUT2D eigenvalue weighted by Crippen LogP contribution is 2.27. The number of nitrogens with one attached hydrogen (secondary N) is 1. The van der Waals surface area contributed by atoms with Crippen molar-refractivity contribution < 1.29 is 22.7 Å². The average molecular weight is 263 g/mol. The van der Waals surface area contributed by atoms with Crippen molar-refractivity contribution >= 4 is 11.8 Å². The van der Waals surface area contributed by atoms with Crippen molar-refractivity contribution in [3.8, 4) is 0 Å². The Morgan fingerprint density at radius 3 is 2.56 bits per heavy atom. The van der Waals surface area contributed by atoms with Gasteiger partial charge < -0.3 is 10.1 Å². The third kappa shape index (κ3) is 3.86. The Morgan fingerprint density at radius 1 is 1.44 bits per heavy atom. The van der Waals surface area contributed by atoms with Crippen LogP contribution >= 0.6 is 0 Å². The summed E-state index contributed by atoms with van der Waals surface area (Å²) in [4.78, 5) is 11.3. The summed E-state index contributed by atoms with van der Waals surface area (Å²) in [6.45, 7) is 3.39. The van der Waals surface area contributed by atoms with Crippen molar-refractivity contribution in [2.45, 2.75) is 26.1 Å². The van der Waals surface area contributed by atoms with Gasteiger partial charge in [0.1, 0.15) is 11.9 Å². The first-order valence-electron chi connectivity index (χ1n) is 5.18. The van der Waals surface area contributed by atoms with Crippen LogP contribution in [-0.4, -0.2) is 28.8 Å². The van der Waals surface area contributed by atoms with E-state index in [0.717, 1.165) is 12.1 Å². The van der Waals surface area contributed by atoms with E-state index in [0.29, 0.717) is 0 Å². The molecule has 5 nitrogen and oxygen atoms in total. The van der Waals surface area contributed by atoms with Crippen molar-refractivity contribution in [2.24, 2.45) is 0 Å². The lowest BCUT2D eigenvalue weighted by molar-refractivity contribution is -0.144. The lowest BCUT2D eigenvalue weighted by atomic mass is 10.3. The molecule has 0 saturated heterocycles. The van der Waals surface area contributed by atoms with Crippen molar-refractivity contribution in [1.82, 2.24) is 10.2 Å². The Hall–Kier alpha value is -1.86. The molecule has 0 aromatic carbocycles. The molecule has 0 saturated carbocycles. The van der Waals surface area contributed by atoms with Gasteiger partial charge in [0, 0.05) is 0 Å². The number of anilines is 1. The number of ether oxygens (including phenoxy) is 1. The molecule has 0 aliphatic carbocycles. The van der Waals surface area contributed by atoms with Crippen LogP contribution in [0.2, 0.25) is 0 Å². The summed E-state index contributed by atoms with van der Waals surface area (Å²) in [5, 5.41) is 8.95. The van der Waals surface area contributed by atoms with Crippen LogP contribution in [-0.2, 0) is 15.7 Å². The molecular formula is C10H12F3N3O2. The number of alkyl halides is 3. The van der Waals surface area contributed by atoms with E-state index in [1.165, 1.54) is 6.92 Å². The molecule has 1 N–H and O–H groups in total. The second kappa shape index (κ2) is 5.65. The minimum Gasteiger partial charge on any atom is -0.464 e. The lowest BCUT2D eigenvalue weighted by Crippen LogP contribution is -2.28. The van der Waals surface area contributed by atoms with Gasteiger partial charge in [-0.25, -0.2) is 4.79 Å². The van der Waals surface area contributed by atoms with Crippen molar-refractivity contribution in [2.75, 3.05) is 11.9 Å². The molecule has 18 heavy (non-hydrogen) atoms. The number of carbonyl (C=O) groups is 1. The third-order valence-electron chi connectivity index (χ3n) is 1.96. The van der Waals surface area contributed by atoms with E-state index in [2.05, 4.69) is 15.5 Å². The van der Waals surface area contributed by atoms with E-state index in [1.54, 1.807) is 6.92 Å². The normalized spacial score (nSPS) is 12.9. The summed E-state index contributed by atoms with van der Waals surface area (Å²) in [7, 11) is 0. The first-order valence-corrected chi connectivity index (χ1v) is 5.18. The van der Waals surface area contributed by atoms with Crippen LogP contribution in [0.3, 0.4) is 0 Å². The number of nitrogens with zero attached hydrogens (tertiary/aromatic N) is 2. The molecule has 0 aliphatic heterocycles. The molecule has 1 heterocycles. The van der Waals surface area contributed by atoms with E-state index < -0.39 is 23.9 Å². The molecule has 1 unspecified atom stereocenters.